The first-order chi connectivity index (χ1) is 11.4. The summed E-state index contributed by atoms with van der Waals surface area (Å²) in [6.07, 6.45) is 1.83. The van der Waals surface area contributed by atoms with Crippen molar-refractivity contribution in [2.24, 2.45) is 0 Å². The molecule has 6 nitrogen and oxygen atoms in total. The SMILES string of the molecule is CCC[C@@H](C)NC(=O)COC(=O)c1cc(Cl)c(OCC)c(OC)c1. The molecule has 1 aromatic carbocycles. The van der Waals surface area contributed by atoms with E-state index in [4.69, 9.17) is 25.8 Å². The first-order valence-electron chi connectivity index (χ1n) is 7.89. The van der Waals surface area contributed by atoms with Crippen molar-refractivity contribution >= 4 is 23.5 Å². The van der Waals surface area contributed by atoms with E-state index in [1.54, 1.807) is 0 Å². The van der Waals surface area contributed by atoms with Crippen LogP contribution >= 0.6 is 11.6 Å². The second-order valence-electron chi connectivity index (χ2n) is 5.26. The number of hydrogen-bond acceptors (Lipinski definition) is 5. The summed E-state index contributed by atoms with van der Waals surface area (Å²) in [5.41, 5.74) is 0.190. The molecule has 7 heteroatoms. The number of ether oxygens (including phenoxy) is 3. The lowest BCUT2D eigenvalue weighted by atomic mass is 10.2. The van der Waals surface area contributed by atoms with Gasteiger partial charge in [-0.1, -0.05) is 24.9 Å². The molecule has 0 aromatic heterocycles. The summed E-state index contributed by atoms with van der Waals surface area (Å²) < 4.78 is 15.6. The quantitative estimate of drug-likeness (QED) is 0.687. The first-order valence-corrected chi connectivity index (χ1v) is 8.27. The molecule has 0 aliphatic carbocycles. The molecule has 1 atom stereocenters. The van der Waals surface area contributed by atoms with Gasteiger partial charge in [0.25, 0.3) is 5.91 Å². The highest BCUT2D eigenvalue weighted by atomic mass is 35.5. The van der Waals surface area contributed by atoms with Crippen LogP contribution in [-0.4, -0.2) is 38.2 Å². The number of carbonyl (C=O) groups excluding carboxylic acids is 2. The average Bonchev–Trinajstić information content (AvgIpc) is 2.54. The lowest BCUT2D eigenvalue weighted by Gasteiger charge is -2.14. The normalized spacial score (nSPS) is 11.5. The molecule has 0 saturated heterocycles. The number of benzene rings is 1. The van der Waals surface area contributed by atoms with E-state index in [9.17, 15) is 9.59 Å². The van der Waals surface area contributed by atoms with E-state index in [1.165, 1.54) is 19.2 Å². The van der Waals surface area contributed by atoms with E-state index in [2.05, 4.69) is 5.32 Å². The minimum atomic E-state index is -0.656. The Morgan fingerprint density at radius 3 is 2.58 bits per heavy atom. The zero-order valence-electron chi connectivity index (χ0n) is 14.5. The number of methoxy groups -OCH3 is 1. The van der Waals surface area contributed by atoms with E-state index < -0.39 is 5.97 Å². The standard InChI is InChI=1S/C17H24ClNO5/c1-5-7-11(3)19-15(20)10-24-17(21)12-8-13(18)16(23-6-2)14(9-12)22-4/h8-9,11H,5-7,10H2,1-4H3,(H,19,20)/t11-/m1/s1. The van der Waals surface area contributed by atoms with E-state index in [0.29, 0.717) is 18.1 Å². The molecule has 1 amide bonds. The van der Waals surface area contributed by atoms with Gasteiger partial charge in [-0.3, -0.25) is 4.79 Å². The molecule has 1 aromatic rings. The van der Waals surface area contributed by atoms with Gasteiger partial charge in [-0.25, -0.2) is 4.79 Å². The Hall–Kier alpha value is -1.95. The minimum Gasteiger partial charge on any atom is -0.493 e. The van der Waals surface area contributed by atoms with Crippen molar-refractivity contribution in [2.45, 2.75) is 39.7 Å². The third-order valence-electron chi connectivity index (χ3n) is 3.22. The predicted molar refractivity (Wildman–Crippen MR) is 92.0 cm³/mol. The van der Waals surface area contributed by atoms with Crippen molar-refractivity contribution < 1.29 is 23.8 Å². The van der Waals surface area contributed by atoms with Crippen molar-refractivity contribution in [3.63, 3.8) is 0 Å². The Morgan fingerprint density at radius 2 is 2.00 bits per heavy atom. The van der Waals surface area contributed by atoms with E-state index in [-0.39, 0.29) is 29.1 Å². The lowest BCUT2D eigenvalue weighted by molar-refractivity contribution is -0.124. The van der Waals surface area contributed by atoms with E-state index >= 15 is 0 Å². The maximum Gasteiger partial charge on any atom is 0.338 e. The summed E-state index contributed by atoms with van der Waals surface area (Å²) >= 11 is 6.11. The zero-order chi connectivity index (χ0) is 18.1. The second kappa shape index (κ2) is 10.0. The van der Waals surface area contributed by atoms with Crippen LogP contribution in [0.4, 0.5) is 0 Å². The highest BCUT2D eigenvalue weighted by Crippen LogP contribution is 2.36. The summed E-state index contributed by atoms with van der Waals surface area (Å²) in [4.78, 5) is 23.8. The molecule has 1 N–H and O–H groups in total. The second-order valence-corrected chi connectivity index (χ2v) is 5.66. The molecule has 24 heavy (non-hydrogen) atoms. The third-order valence-corrected chi connectivity index (χ3v) is 3.50. The van der Waals surface area contributed by atoms with E-state index in [0.717, 1.165) is 12.8 Å². The molecular weight excluding hydrogens is 334 g/mol. The van der Waals surface area contributed by atoms with Gasteiger partial charge in [-0.05, 0) is 32.4 Å². The molecular formula is C17H24ClNO5. The number of hydrogen-bond donors (Lipinski definition) is 1. The monoisotopic (exact) mass is 357 g/mol. The topological polar surface area (TPSA) is 73.9 Å². The largest absolute Gasteiger partial charge is 0.493 e. The van der Waals surface area contributed by atoms with Gasteiger partial charge in [0, 0.05) is 6.04 Å². The Balaban J connectivity index is 2.71. The molecule has 0 aliphatic heterocycles. The van der Waals surface area contributed by atoms with Gasteiger partial charge in [0.05, 0.1) is 24.3 Å². The van der Waals surface area contributed by atoms with Crippen LogP contribution in [0.5, 0.6) is 11.5 Å². The van der Waals surface area contributed by atoms with Gasteiger partial charge in [-0.15, -0.1) is 0 Å². The molecule has 0 fully saturated rings. The zero-order valence-corrected chi connectivity index (χ0v) is 15.2. The smallest absolute Gasteiger partial charge is 0.338 e. The summed E-state index contributed by atoms with van der Waals surface area (Å²) in [7, 11) is 1.45. The highest BCUT2D eigenvalue weighted by molar-refractivity contribution is 6.32. The fraction of sp³-hybridized carbons (Fsp3) is 0.529. The van der Waals surface area contributed by atoms with Crippen molar-refractivity contribution in [2.75, 3.05) is 20.3 Å². The van der Waals surface area contributed by atoms with Crippen LogP contribution in [0.1, 0.15) is 44.0 Å². The van der Waals surface area contributed by atoms with Gasteiger partial charge in [0.1, 0.15) is 0 Å². The maximum atomic E-state index is 12.1. The van der Waals surface area contributed by atoms with Crippen LogP contribution in [0, 0.1) is 0 Å². The van der Waals surface area contributed by atoms with Crippen LogP contribution in [0.25, 0.3) is 0 Å². The van der Waals surface area contributed by atoms with Crippen molar-refractivity contribution in [3.8, 4) is 11.5 Å². The summed E-state index contributed by atoms with van der Waals surface area (Å²) in [6.45, 7) is 5.82. The van der Waals surface area contributed by atoms with Gasteiger partial charge in [0.15, 0.2) is 18.1 Å². The number of rotatable bonds is 9. The van der Waals surface area contributed by atoms with E-state index in [1.807, 2.05) is 20.8 Å². The fourth-order valence-corrected chi connectivity index (χ4v) is 2.42. The summed E-state index contributed by atoms with van der Waals surface area (Å²) in [5.74, 6) is -0.300. The molecule has 0 radical (unpaired) electrons. The third kappa shape index (κ3) is 5.92. The van der Waals surface area contributed by atoms with Crippen LogP contribution in [-0.2, 0) is 9.53 Å². The molecule has 1 rings (SSSR count). The van der Waals surface area contributed by atoms with Gasteiger partial charge >= 0.3 is 5.97 Å². The lowest BCUT2D eigenvalue weighted by Crippen LogP contribution is -2.35. The maximum absolute atomic E-state index is 12.1. The Bertz CT molecular complexity index is 576. The summed E-state index contributed by atoms with van der Waals surface area (Å²) in [6, 6.07) is 2.94. The van der Waals surface area contributed by atoms with Crippen LogP contribution in [0.2, 0.25) is 5.02 Å². The van der Waals surface area contributed by atoms with Crippen molar-refractivity contribution in [1.82, 2.24) is 5.32 Å². The molecule has 0 spiro atoms. The molecule has 0 saturated carbocycles. The van der Waals surface area contributed by atoms with Crippen LogP contribution in [0.15, 0.2) is 12.1 Å². The molecule has 0 unspecified atom stereocenters. The average molecular weight is 358 g/mol. The Labute approximate surface area is 147 Å². The number of amides is 1. The first kappa shape index (κ1) is 20.1. The van der Waals surface area contributed by atoms with Crippen LogP contribution in [0.3, 0.4) is 0 Å². The molecule has 0 aliphatic rings. The predicted octanol–water partition coefficient (Wildman–Crippen LogP) is 3.21. The number of carbonyl (C=O) groups is 2. The molecule has 0 bridgehead atoms. The summed E-state index contributed by atoms with van der Waals surface area (Å²) in [5, 5.41) is 3.00. The fourth-order valence-electron chi connectivity index (χ4n) is 2.16. The Kier molecular flexibility index (Phi) is 8.40. The van der Waals surface area contributed by atoms with Gasteiger partial charge < -0.3 is 19.5 Å². The van der Waals surface area contributed by atoms with Crippen LogP contribution < -0.4 is 14.8 Å². The van der Waals surface area contributed by atoms with Crippen molar-refractivity contribution in [3.05, 3.63) is 22.7 Å². The molecule has 0 heterocycles. The highest BCUT2D eigenvalue weighted by Gasteiger charge is 2.18. The number of halogens is 1. The minimum absolute atomic E-state index is 0.0428. The number of nitrogens with one attached hydrogen (secondary N) is 1. The van der Waals surface area contributed by atoms with Crippen molar-refractivity contribution in [1.29, 1.82) is 0 Å². The van der Waals surface area contributed by atoms with Gasteiger partial charge in [-0.2, -0.15) is 0 Å². The van der Waals surface area contributed by atoms with Gasteiger partial charge in [0.2, 0.25) is 0 Å². The number of esters is 1. The Morgan fingerprint density at radius 1 is 1.29 bits per heavy atom. The molecule has 134 valence electrons.